The molecule has 0 aliphatic carbocycles. The van der Waals surface area contributed by atoms with Crippen LogP contribution in [0.5, 0.6) is 5.75 Å². The fourth-order valence-corrected chi connectivity index (χ4v) is 3.71. The van der Waals surface area contributed by atoms with Gasteiger partial charge in [0.1, 0.15) is 11.5 Å². The van der Waals surface area contributed by atoms with Gasteiger partial charge in [0.2, 0.25) is 0 Å². The maximum absolute atomic E-state index is 13.0. The molecule has 1 aromatic heterocycles. The zero-order chi connectivity index (χ0) is 22.5. The highest BCUT2D eigenvalue weighted by Gasteiger charge is 2.46. The lowest BCUT2D eigenvalue weighted by atomic mass is 9.95. The zero-order valence-electron chi connectivity index (χ0n) is 18.3. The number of hydrogen-bond acceptors (Lipinski definition) is 6. The monoisotopic (exact) mass is 424 g/mol. The van der Waals surface area contributed by atoms with E-state index in [4.69, 9.17) is 9.47 Å². The molecule has 7 nitrogen and oxygen atoms in total. The Morgan fingerprint density at radius 2 is 1.90 bits per heavy atom. The Hall–Kier alpha value is -3.19. The smallest absolute Gasteiger partial charge is 0.295 e. The quantitative estimate of drug-likeness (QED) is 0.301. The van der Waals surface area contributed by atoms with Crippen LogP contribution in [0.25, 0.3) is 5.76 Å². The van der Waals surface area contributed by atoms with Gasteiger partial charge in [0.05, 0.1) is 30.4 Å². The van der Waals surface area contributed by atoms with Crippen LogP contribution in [-0.4, -0.2) is 53.0 Å². The number of amides is 1. The standard InChI is InChI=1S/C24H28N2O5/c1-15(2)31-13-5-12-26-21(17-8-10-25-11-9-17)20(23(28)24(26)29)22(27)18-14-16(3)6-7-19(18)30-4/h6-11,14-15,21,27H,5,12-13H2,1-4H3/b22-20+. The molecule has 1 unspecified atom stereocenters. The number of hydrogen-bond donors (Lipinski definition) is 1. The van der Waals surface area contributed by atoms with Crippen molar-refractivity contribution in [3.05, 3.63) is 65.0 Å². The Bertz CT molecular complexity index is 985. The average molecular weight is 424 g/mol. The lowest BCUT2D eigenvalue weighted by molar-refractivity contribution is -0.140. The van der Waals surface area contributed by atoms with Crippen molar-refractivity contribution in [1.29, 1.82) is 0 Å². The van der Waals surface area contributed by atoms with E-state index in [0.29, 0.717) is 36.4 Å². The van der Waals surface area contributed by atoms with Crippen LogP contribution < -0.4 is 4.74 Å². The highest BCUT2D eigenvalue weighted by molar-refractivity contribution is 6.46. The summed E-state index contributed by atoms with van der Waals surface area (Å²) >= 11 is 0. The van der Waals surface area contributed by atoms with Crippen LogP contribution >= 0.6 is 0 Å². The molecule has 1 saturated heterocycles. The third kappa shape index (κ3) is 4.77. The number of rotatable bonds is 8. The van der Waals surface area contributed by atoms with Crippen molar-refractivity contribution >= 4 is 17.4 Å². The predicted molar refractivity (Wildman–Crippen MR) is 117 cm³/mol. The van der Waals surface area contributed by atoms with Gasteiger partial charge in [-0.15, -0.1) is 0 Å². The number of nitrogens with zero attached hydrogens (tertiary/aromatic N) is 2. The molecule has 3 rings (SSSR count). The maximum Gasteiger partial charge on any atom is 0.295 e. The van der Waals surface area contributed by atoms with E-state index >= 15 is 0 Å². The number of likely N-dealkylation sites (tertiary alicyclic amines) is 1. The third-order valence-electron chi connectivity index (χ3n) is 5.17. The molecule has 1 aliphatic rings. The number of aromatic nitrogens is 1. The van der Waals surface area contributed by atoms with Crippen molar-refractivity contribution in [3.8, 4) is 5.75 Å². The number of ether oxygens (including phenoxy) is 2. The van der Waals surface area contributed by atoms with Gasteiger partial charge >= 0.3 is 0 Å². The van der Waals surface area contributed by atoms with Crippen molar-refractivity contribution in [1.82, 2.24) is 9.88 Å². The second-order valence-electron chi connectivity index (χ2n) is 7.75. The SMILES string of the molecule is COc1ccc(C)cc1/C(O)=C1\C(=O)C(=O)N(CCCOC(C)C)C1c1ccncc1. The molecule has 1 fully saturated rings. The first-order chi connectivity index (χ1) is 14.8. The number of pyridine rings is 1. The summed E-state index contributed by atoms with van der Waals surface area (Å²) in [6, 6.07) is 8.09. The average Bonchev–Trinajstić information content (AvgIpc) is 3.01. The lowest BCUT2D eigenvalue weighted by Crippen LogP contribution is -2.31. The summed E-state index contributed by atoms with van der Waals surface area (Å²) in [6.07, 6.45) is 3.86. The lowest BCUT2D eigenvalue weighted by Gasteiger charge is -2.25. The second kappa shape index (κ2) is 9.75. The zero-order valence-corrected chi connectivity index (χ0v) is 18.3. The van der Waals surface area contributed by atoms with Gasteiger partial charge in [-0.25, -0.2) is 0 Å². The van der Waals surface area contributed by atoms with Crippen LogP contribution in [0.3, 0.4) is 0 Å². The molecule has 7 heteroatoms. The summed E-state index contributed by atoms with van der Waals surface area (Å²) in [6.45, 7) is 6.56. The summed E-state index contributed by atoms with van der Waals surface area (Å²) in [5.74, 6) is -1.18. The first-order valence-electron chi connectivity index (χ1n) is 10.3. The molecule has 2 heterocycles. The number of Topliss-reactive ketones (excluding diaryl/α,β-unsaturated/α-hetero) is 1. The molecule has 1 aliphatic heterocycles. The molecule has 2 aromatic rings. The molecular weight excluding hydrogens is 396 g/mol. The fourth-order valence-electron chi connectivity index (χ4n) is 3.71. The van der Waals surface area contributed by atoms with Crippen LogP contribution in [0, 0.1) is 6.92 Å². The van der Waals surface area contributed by atoms with E-state index in [1.165, 1.54) is 12.0 Å². The number of aliphatic hydroxyl groups is 1. The number of ketones is 1. The maximum atomic E-state index is 13.0. The van der Waals surface area contributed by atoms with E-state index in [2.05, 4.69) is 4.98 Å². The Kier molecular flexibility index (Phi) is 7.07. The van der Waals surface area contributed by atoms with Gasteiger partial charge in [0, 0.05) is 25.5 Å². The first-order valence-corrected chi connectivity index (χ1v) is 10.3. The highest BCUT2D eigenvalue weighted by Crippen LogP contribution is 2.40. The van der Waals surface area contributed by atoms with Gasteiger partial charge < -0.3 is 19.5 Å². The minimum Gasteiger partial charge on any atom is -0.507 e. The number of benzene rings is 1. The predicted octanol–water partition coefficient (Wildman–Crippen LogP) is 3.64. The van der Waals surface area contributed by atoms with Gasteiger partial charge in [-0.3, -0.25) is 14.6 Å². The fraction of sp³-hybridized carbons (Fsp3) is 0.375. The molecule has 1 atom stereocenters. The van der Waals surface area contributed by atoms with Gasteiger partial charge in [-0.1, -0.05) is 11.6 Å². The minimum atomic E-state index is -0.715. The largest absolute Gasteiger partial charge is 0.507 e. The number of aliphatic hydroxyl groups excluding tert-OH is 1. The number of carbonyl (C=O) groups is 2. The molecule has 0 saturated carbocycles. The van der Waals surface area contributed by atoms with E-state index < -0.39 is 17.7 Å². The highest BCUT2D eigenvalue weighted by atomic mass is 16.5. The summed E-state index contributed by atoms with van der Waals surface area (Å²) in [7, 11) is 1.50. The molecule has 1 N–H and O–H groups in total. The van der Waals surface area contributed by atoms with Gasteiger partial charge in [-0.2, -0.15) is 0 Å². The van der Waals surface area contributed by atoms with Crippen LogP contribution in [0.15, 0.2) is 48.3 Å². The Morgan fingerprint density at radius 1 is 1.19 bits per heavy atom. The van der Waals surface area contributed by atoms with Gasteiger partial charge in [0.15, 0.2) is 0 Å². The molecule has 1 aromatic carbocycles. The molecule has 164 valence electrons. The van der Waals surface area contributed by atoms with E-state index in [-0.39, 0.29) is 17.4 Å². The summed E-state index contributed by atoms with van der Waals surface area (Å²) in [5, 5.41) is 11.2. The normalized spacial score (nSPS) is 18.1. The van der Waals surface area contributed by atoms with Crippen LogP contribution in [-0.2, 0) is 14.3 Å². The Morgan fingerprint density at radius 3 is 2.55 bits per heavy atom. The Balaban J connectivity index is 2.07. The molecular formula is C24H28N2O5. The first kappa shape index (κ1) is 22.5. The Labute approximate surface area is 182 Å². The second-order valence-corrected chi connectivity index (χ2v) is 7.75. The molecule has 0 spiro atoms. The number of aryl methyl sites for hydroxylation is 1. The number of methoxy groups -OCH3 is 1. The minimum absolute atomic E-state index is 0.0462. The molecule has 31 heavy (non-hydrogen) atoms. The third-order valence-corrected chi connectivity index (χ3v) is 5.17. The van der Waals surface area contributed by atoms with Crippen molar-refractivity contribution in [3.63, 3.8) is 0 Å². The van der Waals surface area contributed by atoms with Gasteiger partial charge in [0.25, 0.3) is 11.7 Å². The van der Waals surface area contributed by atoms with Crippen LogP contribution in [0.2, 0.25) is 0 Å². The molecule has 0 radical (unpaired) electrons. The van der Waals surface area contributed by atoms with E-state index in [0.717, 1.165) is 5.56 Å². The van der Waals surface area contributed by atoms with Crippen LogP contribution in [0.1, 0.15) is 43.0 Å². The topological polar surface area (TPSA) is 89.0 Å². The van der Waals surface area contributed by atoms with E-state index in [1.807, 2.05) is 26.8 Å². The van der Waals surface area contributed by atoms with Crippen molar-refractivity contribution in [2.45, 2.75) is 39.3 Å². The molecule has 1 amide bonds. The van der Waals surface area contributed by atoms with Crippen molar-refractivity contribution < 1.29 is 24.2 Å². The van der Waals surface area contributed by atoms with Gasteiger partial charge in [-0.05, 0) is 57.0 Å². The van der Waals surface area contributed by atoms with E-state index in [9.17, 15) is 14.7 Å². The molecule has 0 bridgehead atoms. The summed E-state index contributed by atoms with van der Waals surface area (Å²) in [5.41, 5.74) is 2.02. The summed E-state index contributed by atoms with van der Waals surface area (Å²) in [4.78, 5) is 31.5. The van der Waals surface area contributed by atoms with Crippen molar-refractivity contribution in [2.24, 2.45) is 0 Å². The summed E-state index contributed by atoms with van der Waals surface area (Å²) < 4.78 is 11.0. The number of carbonyl (C=O) groups excluding carboxylic acids is 2. The van der Waals surface area contributed by atoms with Crippen molar-refractivity contribution in [2.75, 3.05) is 20.3 Å². The van der Waals surface area contributed by atoms with E-state index in [1.54, 1.807) is 36.7 Å². The van der Waals surface area contributed by atoms with Crippen LogP contribution in [0.4, 0.5) is 0 Å².